The molecule has 0 amide bonds. The van der Waals surface area contributed by atoms with Gasteiger partial charge in [-0.25, -0.2) is 0 Å². The predicted molar refractivity (Wildman–Crippen MR) is 15.6 cm³/mol. The van der Waals surface area contributed by atoms with Crippen LogP contribution in [0.5, 0.6) is 0 Å². The van der Waals surface area contributed by atoms with Gasteiger partial charge in [0.05, 0.1) is 0 Å². The van der Waals surface area contributed by atoms with Crippen LogP contribution < -0.4 is 0 Å². The van der Waals surface area contributed by atoms with Gasteiger partial charge in [-0.1, -0.05) is 0 Å². The third-order valence-corrected chi connectivity index (χ3v) is 0. The van der Waals surface area contributed by atoms with E-state index in [2.05, 4.69) is 8.65 Å². The molecule has 0 aliphatic rings. The van der Waals surface area contributed by atoms with Crippen molar-refractivity contribution in [3.8, 4) is 0 Å². The molecule has 0 heterocycles. The molecule has 0 aromatic rings. The topological polar surface area (TPSA) is 0 Å². The molecule has 0 aliphatic carbocycles. The molecule has 0 saturated carbocycles. The van der Waals surface area contributed by atoms with Crippen molar-refractivity contribution >= 4 is 57.5 Å². The average molecular weight is 349 g/mol. The summed E-state index contributed by atoms with van der Waals surface area (Å²) in [7, 11) is 4.25. The first kappa shape index (κ1) is 15.7. The zero-order valence-corrected chi connectivity index (χ0v) is 14.8. The molecule has 4 heteroatoms. The Morgan fingerprint density at radius 2 is 1.50 bits per heavy atom. The van der Waals surface area contributed by atoms with Crippen molar-refractivity contribution < 1.29 is 46.0 Å². The Kier molecular flexibility index (Phi) is 63.5. The van der Waals surface area contributed by atoms with Gasteiger partial charge in [0.15, 0.2) is 0 Å². The first-order valence-corrected chi connectivity index (χ1v) is 5.81. The number of hydrogen-bond acceptors (Lipinski definition) is 1. The molecule has 0 bridgehead atoms. The largest absolute Gasteiger partial charge is 0 e. The van der Waals surface area contributed by atoms with Crippen LogP contribution >= 0.6 is 8.65 Å². The second-order valence-corrected chi connectivity index (χ2v) is 0. The van der Waals surface area contributed by atoms with Crippen molar-refractivity contribution in [2.75, 3.05) is 0 Å². The molecule has 4 heavy (non-hydrogen) atoms. The monoisotopic (exact) mass is 350 g/mol. The number of hydrogen-bond donors (Lipinski definition) is 0. The molecule has 0 unspecified atom stereocenters. The summed E-state index contributed by atoms with van der Waals surface area (Å²) in [6.45, 7) is 0. The van der Waals surface area contributed by atoms with Gasteiger partial charge in [-0.05, 0) is 0 Å². The summed E-state index contributed by atoms with van der Waals surface area (Å²) in [5.74, 6) is 0. The minimum Gasteiger partial charge on any atom is 0 e. The first-order valence-electron chi connectivity index (χ1n) is 0.289. The van der Waals surface area contributed by atoms with E-state index in [1.807, 2.05) is 0 Å². The van der Waals surface area contributed by atoms with Crippen LogP contribution in [0.15, 0.2) is 0 Å². The Labute approximate surface area is 101 Å². The second-order valence-electron chi connectivity index (χ2n) is 0. The van der Waals surface area contributed by atoms with Crippen molar-refractivity contribution in [1.29, 1.82) is 0 Å². The van der Waals surface area contributed by atoms with Crippen LogP contribution in [0.3, 0.4) is 0 Å². The normalized spacial score (nSPS) is 1.50. The van der Waals surface area contributed by atoms with Gasteiger partial charge in [-0.2, -0.15) is 0 Å². The van der Waals surface area contributed by atoms with Crippen LogP contribution in [0, 0.1) is 0 Å². The van der Waals surface area contributed by atoms with Gasteiger partial charge in [-0.15, -0.1) is 0 Å². The molecule has 0 radical (unpaired) electrons. The van der Waals surface area contributed by atoms with E-state index in [9.17, 15) is 0 Å². The number of rotatable bonds is 0. The van der Waals surface area contributed by atoms with Crippen LogP contribution in [0.25, 0.3) is 0 Å². The first-order chi connectivity index (χ1) is 1.00. The Bertz CT molecular complexity index is 13.5. The van der Waals surface area contributed by atoms with Gasteiger partial charge in [-0.3, -0.25) is 0 Å². The van der Waals surface area contributed by atoms with E-state index < -0.39 is 0 Å². The van der Waals surface area contributed by atoms with E-state index in [0.29, 0.717) is 0 Å². The van der Waals surface area contributed by atoms with E-state index in [1.54, 1.807) is 0 Å². The summed E-state index contributed by atoms with van der Waals surface area (Å²) in [5, 5.41) is 0. The summed E-state index contributed by atoms with van der Waals surface area (Å²) in [6.07, 6.45) is 0. The average Bonchev–Trinajstić information content (AvgIpc) is 1.00. The molecule has 0 aliphatic heterocycles. The maximum Gasteiger partial charge on any atom is 0 e. The molecule has 14 valence electrons. The molecule has 0 atom stereocenters. The summed E-state index contributed by atoms with van der Waals surface area (Å²) in [5.41, 5.74) is 0. The van der Waals surface area contributed by atoms with Crippen LogP contribution in [0.4, 0.5) is 0 Å². The van der Waals surface area contributed by atoms with E-state index >= 15 is 0 Å². The van der Waals surface area contributed by atoms with Crippen molar-refractivity contribution in [2.45, 2.75) is 0 Å². The maximum absolute atomic E-state index is 4.25. The van der Waals surface area contributed by atoms with E-state index in [-0.39, 0.29) is 71.2 Å². The molecule has 0 N–H and O–H groups in total. The Morgan fingerprint density at radius 3 is 1.50 bits per heavy atom. The van der Waals surface area contributed by atoms with Gasteiger partial charge >= 0.3 is 81.2 Å². The minimum atomic E-state index is 0. The molecule has 0 spiro atoms. The van der Waals surface area contributed by atoms with Gasteiger partial charge in [0.2, 0.25) is 0 Å². The Morgan fingerprint density at radius 1 is 1.50 bits per heavy atom. The molecule has 0 rings (SSSR count). The predicted octanol–water partition coefficient (Wildman–Crippen LogP) is 0.487. The molecule has 0 fully saturated rings. The standard InChI is InChI=1S/Ba.Cd.S.Zn.2H/q+2;;;;2*-1. The van der Waals surface area contributed by atoms with Crippen molar-refractivity contribution in [3.63, 3.8) is 0 Å². The fourth-order valence-corrected chi connectivity index (χ4v) is 0. The summed E-state index contributed by atoms with van der Waals surface area (Å²) < 4.78 is 0. The van der Waals surface area contributed by atoms with E-state index in [1.165, 1.54) is 0 Å². The fraction of sp³-hybridized carbons (Fsp3) is 0. The van der Waals surface area contributed by atoms with Gasteiger partial charge in [0.1, 0.15) is 0 Å². The summed E-state index contributed by atoms with van der Waals surface area (Å²) >= 11 is 0.733. The SMILES string of the molecule is [Ba+2].[H-].[H-].[S]=[Cd].[Zn]. The van der Waals surface area contributed by atoms with Crippen LogP contribution in [0.2, 0.25) is 0 Å². The third-order valence-electron chi connectivity index (χ3n) is 0. The van der Waals surface area contributed by atoms with Gasteiger partial charge in [0, 0.05) is 19.5 Å². The molecule has 0 nitrogen and oxygen atoms in total. The molecule has 0 aromatic heterocycles. The zero-order valence-electron chi connectivity index (χ0n) is 4.53. The third kappa shape index (κ3) is 9.01. The second kappa shape index (κ2) is 16.2. The van der Waals surface area contributed by atoms with Crippen LogP contribution in [-0.4, -0.2) is 48.9 Å². The van der Waals surface area contributed by atoms with Gasteiger partial charge < -0.3 is 2.85 Å². The molecule has 0 saturated heterocycles. The van der Waals surface area contributed by atoms with Crippen LogP contribution in [0.1, 0.15) is 2.85 Å². The quantitative estimate of drug-likeness (QED) is 0.574. The minimum absolute atomic E-state index is 0. The zero-order chi connectivity index (χ0) is 2.00. The molecule has 0 aromatic carbocycles. The van der Waals surface area contributed by atoms with Crippen LogP contribution in [-0.2, 0) is 43.2 Å². The molecular weight excluding hydrogens is 347 g/mol. The van der Waals surface area contributed by atoms with Crippen molar-refractivity contribution in [3.05, 3.63) is 0 Å². The smallest absolute Gasteiger partial charge is 0 e. The Hall–Kier alpha value is 3.34. The fourth-order valence-electron chi connectivity index (χ4n) is 0. The maximum atomic E-state index is 4.25. The van der Waals surface area contributed by atoms with Crippen molar-refractivity contribution in [2.24, 2.45) is 0 Å². The summed E-state index contributed by atoms with van der Waals surface area (Å²) in [4.78, 5) is 0. The Balaban J connectivity index is -0.000000000833. The van der Waals surface area contributed by atoms with Crippen molar-refractivity contribution in [1.82, 2.24) is 0 Å². The molecular formula is H2BaCdSZn. The van der Waals surface area contributed by atoms with Gasteiger partial charge in [0.25, 0.3) is 0 Å². The summed E-state index contributed by atoms with van der Waals surface area (Å²) in [6, 6.07) is 0. The van der Waals surface area contributed by atoms with E-state index in [0.717, 1.165) is 23.7 Å². The van der Waals surface area contributed by atoms with E-state index in [4.69, 9.17) is 0 Å².